The number of aryl methyl sites for hydroxylation is 1. The van der Waals surface area contributed by atoms with Gasteiger partial charge in [-0.2, -0.15) is 4.98 Å². The summed E-state index contributed by atoms with van der Waals surface area (Å²) in [6, 6.07) is 10.2. The second kappa shape index (κ2) is 9.00. The van der Waals surface area contributed by atoms with E-state index in [2.05, 4.69) is 20.8 Å². The predicted octanol–water partition coefficient (Wildman–Crippen LogP) is 3.80. The van der Waals surface area contributed by atoms with Crippen molar-refractivity contribution in [2.45, 2.75) is 6.92 Å². The van der Waals surface area contributed by atoms with Crippen molar-refractivity contribution in [1.29, 1.82) is 0 Å². The van der Waals surface area contributed by atoms with Gasteiger partial charge in [0, 0.05) is 11.6 Å². The Hall–Kier alpha value is -4.32. The molecule has 0 saturated carbocycles. The Labute approximate surface area is 179 Å². The van der Waals surface area contributed by atoms with Gasteiger partial charge in [0.2, 0.25) is 5.82 Å². The topological polar surface area (TPSA) is 162 Å². The maximum Gasteiger partial charge on any atom is 0.374 e. The van der Waals surface area contributed by atoms with Crippen molar-refractivity contribution in [3.05, 3.63) is 85.2 Å². The standard InChI is InChI=1S/C18H13ClN6O6/c1-10-2-5-12(6-3-10)31-18-15(25(29)30)16(20-9-21-18)22-23-17(26)11-4-7-13(19)14(8-11)24(27)28/h2-9H,1H3,(H,23,26)(H,20,21,22). The number of hydrogen-bond acceptors (Lipinski definition) is 9. The summed E-state index contributed by atoms with van der Waals surface area (Å²) < 4.78 is 5.48. The average molecular weight is 445 g/mol. The van der Waals surface area contributed by atoms with Gasteiger partial charge >= 0.3 is 11.6 Å². The van der Waals surface area contributed by atoms with E-state index in [9.17, 15) is 25.0 Å². The fraction of sp³-hybridized carbons (Fsp3) is 0.0556. The highest BCUT2D eigenvalue weighted by atomic mass is 35.5. The number of nitrogens with zero attached hydrogens (tertiary/aromatic N) is 4. The van der Waals surface area contributed by atoms with Gasteiger partial charge in [-0.05, 0) is 31.2 Å². The Balaban J connectivity index is 1.82. The highest BCUT2D eigenvalue weighted by molar-refractivity contribution is 6.32. The number of nitro benzene ring substituents is 1. The molecule has 2 aromatic carbocycles. The number of nitrogens with one attached hydrogen (secondary N) is 2. The molecule has 12 nitrogen and oxygen atoms in total. The van der Waals surface area contributed by atoms with Crippen molar-refractivity contribution in [2.75, 3.05) is 5.43 Å². The molecule has 0 saturated heterocycles. The average Bonchev–Trinajstić information content (AvgIpc) is 2.73. The minimum atomic E-state index is -0.811. The Kier molecular flexibility index (Phi) is 6.21. The van der Waals surface area contributed by atoms with Crippen LogP contribution in [0.2, 0.25) is 5.02 Å². The molecule has 0 aliphatic rings. The Morgan fingerprint density at radius 2 is 1.77 bits per heavy atom. The van der Waals surface area contributed by atoms with E-state index in [0.717, 1.165) is 18.0 Å². The van der Waals surface area contributed by atoms with Crippen LogP contribution in [0.5, 0.6) is 11.6 Å². The van der Waals surface area contributed by atoms with Crippen molar-refractivity contribution in [2.24, 2.45) is 0 Å². The fourth-order valence-corrected chi connectivity index (χ4v) is 2.58. The Morgan fingerprint density at radius 1 is 1.06 bits per heavy atom. The van der Waals surface area contributed by atoms with Crippen LogP contribution < -0.4 is 15.6 Å². The minimum absolute atomic E-state index is 0.101. The Morgan fingerprint density at radius 3 is 2.42 bits per heavy atom. The van der Waals surface area contributed by atoms with Gasteiger partial charge in [0.05, 0.1) is 9.85 Å². The molecule has 1 aromatic heterocycles. The molecule has 1 heterocycles. The molecule has 0 spiro atoms. The van der Waals surface area contributed by atoms with E-state index < -0.39 is 27.1 Å². The van der Waals surface area contributed by atoms with Crippen LogP contribution in [0.25, 0.3) is 0 Å². The summed E-state index contributed by atoms with van der Waals surface area (Å²) in [4.78, 5) is 40.9. The monoisotopic (exact) mass is 444 g/mol. The number of carbonyl (C=O) groups excluding carboxylic acids is 1. The number of carbonyl (C=O) groups is 1. The molecule has 1 amide bonds. The lowest BCUT2D eigenvalue weighted by atomic mass is 10.2. The van der Waals surface area contributed by atoms with E-state index in [1.54, 1.807) is 24.3 Å². The van der Waals surface area contributed by atoms with Crippen LogP contribution in [0.3, 0.4) is 0 Å². The number of hydrogen-bond donors (Lipinski definition) is 2. The lowest BCUT2D eigenvalue weighted by Gasteiger charge is -2.10. The molecule has 158 valence electrons. The number of aromatic nitrogens is 2. The summed E-state index contributed by atoms with van der Waals surface area (Å²) in [6.45, 7) is 1.87. The first kappa shape index (κ1) is 21.4. The number of hydrazine groups is 1. The van der Waals surface area contributed by atoms with Gasteiger partial charge in [0.1, 0.15) is 17.1 Å². The first-order chi connectivity index (χ1) is 14.8. The van der Waals surface area contributed by atoms with Gasteiger partial charge in [-0.25, -0.2) is 4.98 Å². The zero-order valence-corrected chi connectivity index (χ0v) is 16.5. The van der Waals surface area contributed by atoms with Crippen LogP contribution >= 0.6 is 11.6 Å². The molecule has 0 aliphatic heterocycles. The molecule has 3 aromatic rings. The molecule has 0 bridgehead atoms. The van der Waals surface area contributed by atoms with Crippen molar-refractivity contribution in [3.8, 4) is 11.6 Å². The van der Waals surface area contributed by atoms with Crippen LogP contribution in [-0.4, -0.2) is 25.7 Å². The second-order valence-corrected chi connectivity index (χ2v) is 6.46. The van der Waals surface area contributed by atoms with E-state index in [0.29, 0.717) is 5.75 Å². The molecule has 13 heteroatoms. The first-order valence-electron chi connectivity index (χ1n) is 8.50. The number of rotatable bonds is 7. The summed E-state index contributed by atoms with van der Waals surface area (Å²) >= 11 is 5.72. The van der Waals surface area contributed by atoms with Gasteiger partial charge in [-0.1, -0.05) is 29.3 Å². The third-order valence-electron chi connectivity index (χ3n) is 3.91. The largest absolute Gasteiger partial charge is 0.434 e. The molecule has 31 heavy (non-hydrogen) atoms. The van der Waals surface area contributed by atoms with Gasteiger partial charge < -0.3 is 4.74 Å². The minimum Gasteiger partial charge on any atom is -0.434 e. The summed E-state index contributed by atoms with van der Waals surface area (Å²) in [6.07, 6.45) is 1.01. The molecule has 0 unspecified atom stereocenters. The third-order valence-corrected chi connectivity index (χ3v) is 4.23. The van der Waals surface area contributed by atoms with E-state index >= 15 is 0 Å². The number of amides is 1. The summed E-state index contributed by atoms with van der Waals surface area (Å²) in [5.74, 6) is -1.19. The number of halogens is 1. The molecule has 2 N–H and O–H groups in total. The van der Waals surface area contributed by atoms with E-state index in [1.165, 1.54) is 12.1 Å². The van der Waals surface area contributed by atoms with Gasteiger partial charge in [0.25, 0.3) is 11.6 Å². The number of anilines is 1. The third kappa shape index (κ3) is 5.00. The zero-order valence-electron chi connectivity index (χ0n) is 15.7. The van der Waals surface area contributed by atoms with Gasteiger partial charge in [-0.15, -0.1) is 0 Å². The van der Waals surface area contributed by atoms with Crippen LogP contribution in [0.1, 0.15) is 15.9 Å². The molecular weight excluding hydrogens is 432 g/mol. The molecule has 0 radical (unpaired) electrons. The Bertz CT molecular complexity index is 1170. The van der Waals surface area contributed by atoms with Gasteiger partial charge in [0.15, 0.2) is 0 Å². The summed E-state index contributed by atoms with van der Waals surface area (Å²) in [7, 11) is 0. The second-order valence-electron chi connectivity index (χ2n) is 6.05. The van der Waals surface area contributed by atoms with Crippen LogP contribution in [0.4, 0.5) is 17.2 Å². The van der Waals surface area contributed by atoms with E-state index in [1.807, 2.05) is 6.92 Å². The molecule has 0 fully saturated rings. The highest BCUT2D eigenvalue weighted by Gasteiger charge is 2.26. The number of benzene rings is 2. The zero-order chi connectivity index (χ0) is 22.5. The van der Waals surface area contributed by atoms with Crippen molar-refractivity contribution >= 4 is 34.7 Å². The smallest absolute Gasteiger partial charge is 0.374 e. The number of ether oxygens (including phenoxy) is 1. The van der Waals surface area contributed by atoms with Crippen LogP contribution in [0, 0.1) is 27.2 Å². The maximum atomic E-state index is 12.3. The van der Waals surface area contributed by atoms with Crippen LogP contribution in [0.15, 0.2) is 48.8 Å². The molecule has 0 aliphatic carbocycles. The van der Waals surface area contributed by atoms with Crippen LogP contribution in [-0.2, 0) is 0 Å². The summed E-state index contributed by atoms with van der Waals surface area (Å²) in [5, 5.41) is 22.4. The van der Waals surface area contributed by atoms with Gasteiger partial charge in [-0.3, -0.25) is 35.9 Å². The van der Waals surface area contributed by atoms with E-state index in [4.69, 9.17) is 16.3 Å². The lowest BCUT2D eigenvalue weighted by Crippen LogP contribution is -2.30. The van der Waals surface area contributed by atoms with Crippen molar-refractivity contribution in [1.82, 2.24) is 15.4 Å². The molecule has 3 rings (SSSR count). The van der Waals surface area contributed by atoms with Crippen molar-refractivity contribution in [3.63, 3.8) is 0 Å². The molecular formula is C18H13ClN6O6. The fourth-order valence-electron chi connectivity index (χ4n) is 2.39. The van der Waals surface area contributed by atoms with E-state index in [-0.39, 0.29) is 22.3 Å². The first-order valence-corrected chi connectivity index (χ1v) is 8.88. The predicted molar refractivity (Wildman–Crippen MR) is 109 cm³/mol. The highest BCUT2D eigenvalue weighted by Crippen LogP contribution is 2.33. The number of nitro groups is 2. The molecule has 0 atom stereocenters. The van der Waals surface area contributed by atoms with Crippen molar-refractivity contribution < 1.29 is 19.4 Å². The lowest BCUT2D eigenvalue weighted by molar-refractivity contribution is -0.385. The quantitative estimate of drug-likeness (QED) is 0.407. The SMILES string of the molecule is Cc1ccc(Oc2ncnc(NNC(=O)c3ccc(Cl)c([N+](=O)[O-])c3)c2[N+](=O)[O-])cc1. The normalized spacial score (nSPS) is 10.3. The summed E-state index contributed by atoms with van der Waals surface area (Å²) in [5.41, 5.74) is 4.29. The maximum absolute atomic E-state index is 12.3.